The Hall–Kier alpha value is -1.88. The molecular weight excluding hydrogens is 326 g/mol. The van der Waals surface area contributed by atoms with Gasteiger partial charge in [-0.1, -0.05) is 43.7 Å². The Morgan fingerprint density at radius 3 is 2.83 bits per heavy atom. The molecule has 0 bridgehead atoms. The van der Waals surface area contributed by atoms with Crippen LogP contribution in [0.4, 0.5) is 5.69 Å². The van der Waals surface area contributed by atoms with Crippen LogP contribution in [-0.4, -0.2) is 15.3 Å². The molecule has 0 radical (unpaired) electrons. The quantitative estimate of drug-likeness (QED) is 0.910. The van der Waals surface area contributed by atoms with Gasteiger partial charge in [-0.15, -0.1) is 0 Å². The molecule has 24 heavy (non-hydrogen) atoms. The highest BCUT2D eigenvalue weighted by molar-refractivity contribution is 6.30. The number of rotatable bonds is 4. The molecule has 1 N–H and O–H groups in total. The van der Waals surface area contributed by atoms with Crippen LogP contribution < -0.4 is 10.9 Å². The summed E-state index contributed by atoms with van der Waals surface area (Å²) in [5.41, 5.74) is 0.977. The van der Waals surface area contributed by atoms with Crippen LogP contribution in [0, 0.1) is 12.8 Å². The van der Waals surface area contributed by atoms with Crippen molar-refractivity contribution in [2.24, 2.45) is 5.92 Å². The van der Waals surface area contributed by atoms with Crippen LogP contribution in [0.2, 0.25) is 5.02 Å². The summed E-state index contributed by atoms with van der Waals surface area (Å²) in [6.07, 6.45) is 9.12. The van der Waals surface area contributed by atoms with Crippen LogP contribution in [0.15, 0.2) is 23.1 Å². The van der Waals surface area contributed by atoms with Gasteiger partial charge in [-0.2, -0.15) is 0 Å². The van der Waals surface area contributed by atoms with Crippen LogP contribution in [0.5, 0.6) is 0 Å². The summed E-state index contributed by atoms with van der Waals surface area (Å²) < 4.78 is 1.37. The van der Waals surface area contributed by atoms with Crippen LogP contribution in [-0.2, 0) is 4.79 Å². The van der Waals surface area contributed by atoms with Crippen LogP contribution in [0.25, 0.3) is 5.65 Å². The van der Waals surface area contributed by atoms with Crippen LogP contribution >= 0.6 is 11.6 Å². The second-order valence-electron chi connectivity index (χ2n) is 6.54. The maximum Gasteiger partial charge on any atom is 0.281 e. The van der Waals surface area contributed by atoms with Crippen molar-refractivity contribution in [3.8, 4) is 0 Å². The monoisotopic (exact) mass is 347 g/mol. The van der Waals surface area contributed by atoms with E-state index >= 15 is 0 Å². The molecule has 1 aliphatic rings. The Balaban J connectivity index is 1.74. The number of carbonyl (C=O) groups is 1. The van der Waals surface area contributed by atoms with Crippen molar-refractivity contribution in [2.45, 2.75) is 51.9 Å². The first-order valence-corrected chi connectivity index (χ1v) is 8.91. The minimum absolute atomic E-state index is 0.121. The zero-order valence-electron chi connectivity index (χ0n) is 13.8. The predicted octanol–water partition coefficient (Wildman–Crippen LogP) is 3.96. The molecule has 0 aromatic carbocycles. The molecule has 1 amide bonds. The molecule has 5 nitrogen and oxygen atoms in total. The molecule has 2 heterocycles. The fourth-order valence-electron chi connectivity index (χ4n) is 3.38. The molecule has 128 valence electrons. The van der Waals surface area contributed by atoms with Gasteiger partial charge in [0.1, 0.15) is 11.3 Å². The minimum Gasteiger partial charge on any atom is -0.320 e. The second kappa shape index (κ2) is 7.34. The molecule has 3 rings (SSSR count). The van der Waals surface area contributed by atoms with Crippen LogP contribution in [0.3, 0.4) is 0 Å². The lowest BCUT2D eigenvalue weighted by molar-refractivity contribution is -0.116. The molecule has 1 fully saturated rings. The number of hydrogen-bond donors (Lipinski definition) is 1. The van der Waals surface area contributed by atoms with E-state index in [9.17, 15) is 9.59 Å². The highest BCUT2D eigenvalue weighted by Gasteiger charge is 2.17. The standard InChI is InChI=1S/C18H22ClN3O2/c1-12-17(18(24)22-11-14(19)8-9-15(22)20-12)21-16(23)10-7-13-5-3-2-4-6-13/h8-9,11,13H,2-7,10H2,1H3,(H,21,23). The molecule has 0 spiro atoms. The predicted molar refractivity (Wildman–Crippen MR) is 95.6 cm³/mol. The lowest BCUT2D eigenvalue weighted by Crippen LogP contribution is -2.25. The Bertz CT molecular complexity index is 810. The van der Waals surface area contributed by atoms with Crippen molar-refractivity contribution in [3.63, 3.8) is 0 Å². The van der Waals surface area contributed by atoms with Crippen molar-refractivity contribution < 1.29 is 4.79 Å². The van der Waals surface area contributed by atoms with E-state index in [0.29, 0.717) is 28.7 Å². The SMILES string of the molecule is Cc1nc2ccc(Cl)cn2c(=O)c1NC(=O)CCC1CCCCC1. The van der Waals surface area contributed by atoms with Crippen molar-refractivity contribution in [3.05, 3.63) is 39.4 Å². The lowest BCUT2D eigenvalue weighted by atomic mass is 9.86. The highest BCUT2D eigenvalue weighted by atomic mass is 35.5. The summed E-state index contributed by atoms with van der Waals surface area (Å²) in [5, 5.41) is 3.20. The van der Waals surface area contributed by atoms with Crippen LogP contribution in [0.1, 0.15) is 50.6 Å². The first-order chi connectivity index (χ1) is 11.5. The third kappa shape index (κ3) is 3.78. The first kappa shape index (κ1) is 17.0. The third-order valence-electron chi connectivity index (χ3n) is 4.74. The highest BCUT2D eigenvalue weighted by Crippen LogP contribution is 2.27. The van der Waals surface area contributed by atoms with Gasteiger partial charge in [0.25, 0.3) is 5.56 Å². The zero-order chi connectivity index (χ0) is 17.1. The number of aryl methyl sites for hydroxylation is 1. The number of fused-ring (bicyclic) bond motifs is 1. The van der Waals surface area contributed by atoms with E-state index in [1.54, 1.807) is 19.1 Å². The largest absolute Gasteiger partial charge is 0.320 e. The molecule has 0 unspecified atom stereocenters. The molecule has 6 heteroatoms. The van der Waals surface area contributed by atoms with Gasteiger partial charge in [0.05, 0.1) is 10.7 Å². The van der Waals surface area contributed by atoms with Gasteiger partial charge in [0.2, 0.25) is 5.91 Å². The molecular formula is C18H22ClN3O2. The summed E-state index contributed by atoms with van der Waals surface area (Å²) in [5.74, 6) is 0.518. The van der Waals surface area contributed by atoms with Gasteiger partial charge in [-0.05, 0) is 31.4 Å². The fraction of sp³-hybridized carbons (Fsp3) is 0.500. The average Bonchev–Trinajstić information content (AvgIpc) is 2.58. The Morgan fingerprint density at radius 1 is 1.33 bits per heavy atom. The number of hydrogen-bond acceptors (Lipinski definition) is 3. The summed E-state index contributed by atoms with van der Waals surface area (Å²) in [7, 11) is 0. The van der Waals surface area contributed by atoms with E-state index in [1.807, 2.05) is 0 Å². The van der Waals surface area contributed by atoms with E-state index in [2.05, 4.69) is 10.3 Å². The fourth-order valence-corrected chi connectivity index (χ4v) is 3.54. The number of nitrogens with zero attached hydrogens (tertiary/aromatic N) is 2. The minimum atomic E-state index is -0.300. The number of aromatic nitrogens is 2. The van der Waals surface area contributed by atoms with Gasteiger partial charge in [-0.25, -0.2) is 4.98 Å². The second-order valence-corrected chi connectivity index (χ2v) is 6.98. The topological polar surface area (TPSA) is 63.5 Å². The lowest BCUT2D eigenvalue weighted by Gasteiger charge is -2.21. The van der Waals surface area contributed by atoms with Crippen molar-refractivity contribution >= 4 is 28.8 Å². The summed E-state index contributed by atoms with van der Waals surface area (Å²) in [4.78, 5) is 29.2. The Morgan fingerprint density at radius 2 is 2.08 bits per heavy atom. The molecule has 2 aromatic heterocycles. The summed E-state index contributed by atoms with van der Waals surface area (Å²) in [6, 6.07) is 3.37. The van der Waals surface area contributed by atoms with E-state index in [4.69, 9.17) is 11.6 Å². The third-order valence-corrected chi connectivity index (χ3v) is 4.96. The van der Waals surface area contributed by atoms with Gasteiger partial charge in [0, 0.05) is 12.6 Å². The zero-order valence-corrected chi connectivity index (χ0v) is 14.6. The van der Waals surface area contributed by atoms with E-state index < -0.39 is 0 Å². The van der Waals surface area contributed by atoms with Crippen molar-refractivity contribution in [2.75, 3.05) is 5.32 Å². The van der Waals surface area contributed by atoms with Gasteiger partial charge in [0.15, 0.2) is 0 Å². The first-order valence-electron chi connectivity index (χ1n) is 8.53. The number of nitrogens with one attached hydrogen (secondary N) is 1. The van der Waals surface area contributed by atoms with Gasteiger partial charge in [-0.3, -0.25) is 14.0 Å². The maximum absolute atomic E-state index is 12.6. The average molecular weight is 348 g/mol. The maximum atomic E-state index is 12.6. The molecule has 1 aliphatic carbocycles. The molecule has 1 saturated carbocycles. The van der Waals surface area contributed by atoms with E-state index in [1.165, 1.54) is 42.7 Å². The summed E-state index contributed by atoms with van der Waals surface area (Å²) in [6.45, 7) is 1.73. The summed E-state index contributed by atoms with van der Waals surface area (Å²) >= 11 is 5.95. The van der Waals surface area contributed by atoms with Gasteiger partial charge < -0.3 is 5.32 Å². The van der Waals surface area contributed by atoms with Crippen molar-refractivity contribution in [1.82, 2.24) is 9.38 Å². The number of amides is 1. The van der Waals surface area contributed by atoms with E-state index in [0.717, 1.165) is 6.42 Å². The van der Waals surface area contributed by atoms with E-state index in [-0.39, 0.29) is 17.2 Å². The molecule has 0 atom stereocenters. The Labute approximate surface area is 146 Å². The smallest absolute Gasteiger partial charge is 0.281 e. The number of pyridine rings is 1. The van der Waals surface area contributed by atoms with Crippen molar-refractivity contribution in [1.29, 1.82) is 0 Å². The van der Waals surface area contributed by atoms with Gasteiger partial charge >= 0.3 is 0 Å². The molecule has 0 saturated heterocycles. The number of carbonyl (C=O) groups excluding carboxylic acids is 1. The Kier molecular flexibility index (Phi) is 5.19. The molecule has 2 aromatic rings. The molecule has 0 aliphatic heterocycles. The normalized spacial score (nSPS) is 15.6. The number of anilines is 1. The number of halogens is 1.